The summed E-state index contributed by atoms with van der Waals surface area (Å²) in [5.41, 5.74) is 2.13. The van der Waals surface area contributed by atoms with Crippen LogP contribution in [0.2, 0.25) is 0 Å². The summed E-state index contributed by atoms with van der Waals surface area (Å²) >= 11 is 1.48. The van der Waals surface area contributed by atoms with Crippen molar-refractivity contribution in [1.29, 1.82) is 0 Å². The van der Waals surface area contributed by atoms with Crippen molar-refractivity contribution in [1.82, 2.24) is 5.32 Å². The fourth-order valence-electron chi connectivity index (χ4n) is 2.65. The number of nitrogens with one attached hydrogen (secondary N) is 2. The Morgan fingerprint density at radius 1 is 1.07 bits per heavy atom. The lowest BCUT2D eigenvalue weighted by atomic mass is 10.1. The second-order valence-corrected chi connectivity index (χ2v) is 7.25. The third-order valence-electron chi connectivity index (χ3n) is 4.19. The Labute approximate surface area is 168 Å². The summed E-state index contributed by atoms with van der Waals surface area (Å²) in [5.74, 6) is 1.80. The number of ether oxygens (including phenoxy) is 2. The van der Waals surface area contributed by atoms with Crippen molar-refractivity contribution in [2.24, 2.45) is 0 Å². The van der Waals surface area contributed by atoms with Crippen LogP contribution in [0, 0.1) is 0 Å². The lowest BCUT2D eigenvalue weighted by Crippen LogP contribution is -2.23. The van der Waals surface area contributed by atoms with Crippen LogP contribution in [0.1, 0.15) is 22.8 Å². The molecule has 1 heterocycles. The van der Waals surface area contributed by atoms with Crippen LogP contribution < -0.4 is 15.4 Å². The van der Waals surface area contributed by atoms with E-state index in [0.717, 1.165) is 17.1 Å². The minimum atomic E-state index is -0.195. The van der Waals surface area contributed by atoms with Crippen LogP contribution in [-0.2, 0) is 16.1 Å². The van der Waals surface area contributed by atoms with E-state index in [1.165, 1.54) is 11.8 Å². The maximum atomic E-state index is 12.3. The smallest absolute Gasteiger partial charge is 0.265 e. The van der Waals surface area contributed by atoms with Gasteiger partial charge in [0, 0.05) is 23.5 Å². The predicted molar refractivity (Wildman–Crippen MR) is 110 cm³/mol. The molecule has 28 heavy (non-hydrogen) atoms. The Morgan fingerprint density at radius 2 is 1.79 bits per heavy atom. The van der Waals surface area contributed by atoms with Gasteiger partial charge in [0.25, 0.3) is 11.8 Å². The summed E-state index contributed by atoms with van der Waals surface area (Å²) in [6.45, 7) is 2.83. The first kappa shape index (κ1) is 19.8. The molecule has 0 unspecified atom stereocenters. The van der Waals surface area contributed by atoms with E-state index in [0.29, 0.717) is 35.1 Å². The summed E-state index contributed by atoms with van der Waals surface area (Å²) in [7, 11) is 1.61. The van der Waals surface area contributed by atoms with E-state index < -0.39 is 0 Å². The Balaban J connectivity index is 1.55. The highest BCUT2D eigenvalue weighted by Crippen LogP contribution is 2.26. The van der Waals surface area contributed by atoms with Gasteiger partial charge in [-0.3, -0.25) is 9.59 Å². The van der Waals surface area contributed by atoms with Gasteiger partial charge in [-0.15, -0.1) is 11.8 Å². The highest BCUT2D eigenvalue weighted by molar-refractivity contribution is 8.04. The molecule has 7 heteroatoms. The van der Waals surface area contributed by atoms with E-state index in [1.807, 2.05) is 24.3 Å². The van der Waals surface area contributed by atoms with Crippen molar-refractivity contribution in [2.45, 2.75) is 13.5 Å². The topological polar surface area (TPSA) is 76.7 Å². The zero-order valence-corrected chi connectivity index (χ0v) is 16.6. The maximum absolute atomic E-state index is 12.3. The maximum Gasteiger partial charge on any atom is 0.265 e. The van der Waals surface area contributed by atoms with Crippen molar-refractivity contribution in [3.63, 3.8) is 0 Å². The van der Waals surface area contributed by atoms with Gasteiger partial charge < -0.3 is 20.1 Å². The number of allylic oxidation sites excluding steroid dienone is 1. The fourth-order valence-corrected chi connectivity index (χ4v) is 3.47. The van der Waals surface area contributed by atoms with E-state index in [-0.39, 0.29) is 11.8 Å². The van der Waals surface area contributed by atoms with E-state index in [1.54, 1.807) is 38.3 Å². The molecule has 0 aromatic heterocycles. The van der Waals surface area contributed by atoms with Crippen LogP contribution in [-0.4, -0.2) is 31.3 Å². The number of methoxy groups -OCH3 is 1. The minimum Gasteiger partial charge on any atom is -0.497 e. The van der Waals surface area contributed by atoms with E-state index in [2.05, 4.69) is 10.6 Å². The molecule has 2 aromatic rings. The third kappa shape index (κ3) is 5.07. The molecule has 1 aliphatic heterocycles. The van der Waals surface area contributed by atoms with Gasteiger partial charge in [0.1, 0.15) is 16.4 Å². The molecule has 1 aliphatic rings. The highest BCUT2D eigenvalue weighted by Gasteiger charge is 2.18. The van der Waals surface area contributed by atoms with Crippen molar-refractivity contribution < 1.29 is 19.1 Å². The Hall–Kier alpha value is -2.93. The standard InChI is InChI=1S/C21H22N2O4S/c1-14-19(28-12-11-27-14)21(25)23-17-7-5-16(6-8-17)20(24)22-13-15-3-9-18(26-2)10-4-15/h3-10H,11-13H2,1-2H3,(H,22,24)(H,23,25). The molecular weight excluding hydrogens is 376 g/mol. The summed E-state index contributed by atoms with van der Waals surface area (Å²) in [4.78, 5) is 25.2. The monoisotopic (exact) mass is 398 g/mol. The molecule has 0 saturated carbocycles. The number of thioether (sulfide) groups is 1. The second kappa shape index (κ2) is 9.32. The zero-order valence-electron chi connectivity index (χ0n) is 15.8. The Morgan fingerprint density at radius 3 is 2.43 bits per heavy atom. The largest absolute Gasteiger partial charge is 0.497 e. The Kier molecular flexibility index (Phi) is 6.60. The first-order chi connectivity index (χ1) is 13.6. The van der Waals surface area contributed by atoms with Crippen molar-refractivity contribution in [3.05, 3.63) is 70.3 Å². The number of carbonyl (C=O) groups is 2. The van der Waals surface area contributed by atoms with Crippen LogP contribution in [0.5, 0.6) is 5.75 Å². The lowest BCUT2D eigenvalue weighted by molar-refractivity contribution is -0.112. The molecule has 2 aromatic carbocycles. The minimum absolute atomic E-state index is 0.177. The number of amides is 2. The van der Waals surface area contributed by atoms with Crippen molar-refractivity contribution in [2.75, 3.05) is 24.8 Å². The third-order valence-corrected chi connectivity index (χ3v) is 5.32. The number of hydrogen-bond acceptors (Lipinski definition) is 5. The van der Waals surface area contributed by atoms with Crippen LogP contribution in [0.4, 0.5) is 5.69 Å². The quantitative estimate of drug-likeness (QED) is 0.778. The Bertz CT molecular complexity index is 876. The van der Waals surface area contributed by atoms with Crippen molar-refractivity contribution in [3.8, 4) is 5.75 Å². The normalized spacial score (nSPS) is 13.5. The van der Waals surface area contributed by atoms with Crippen LogP contribution in [0.15, 0.2) is 59.2 Å². The molecule has 0 bridgehead atoms. The molecule has 0 aliphatic carbocycles. The molecule has 0 saturated heterocycles. The number of rotatable bonds is 6. The molecule has 0 radical (unpaired) electrons. The first-order valence-corrected chi connectivity index (χ1v) is 9.84. The summed E-state index contributed by atoms with van der Waals surface area (Å²) in [6, 6.07) is 14.3. The number of carbonyl (C=O) groups excluding carboxylic acids is 2. The number of hydrogen-bond donors (Lipinski definition) is 2. The lowest BCUT2D eigenvalue weighted by Gasteiger charge is -2.17. The van der Waals surface area contributed by atoms with Gasteiger partial charge in [-0.25, -0.2) is 0 Å². The molecule has 2 N–H and O–H groups in total. The van der Waals surface area contributed by atoms with Crippen LogP contribution >= 0.6 is 11.8 Å². The summed E-state index contributed by atoms with van der Waals surface area (Å²) < 4.78 is 10.5. The van der Waals surface area contributed by atoms with Gasteiger partial charge in [0.15, 0.2) is 0 Å². The summed E-state index contributed by atoms with van der Waals surface area (Å²) in [5, 5.41) is 5.71. The van der Waals surface area contributed by atoms with Gasteiger partial charge in [-0.2, -0.15) is 0 Å². The van der Waals surface area contributed by atoms with Gasteiger partial charge in [-0.1, -0.05) is 12.1 Å². The van der Waals surface area contributed by atoms with Crippen LogP contribution in [0.3, 0.4) is 0 Å². The SMILES string of the molecule is COc1ccc(CNC(=O)c2ccc(NC(=O)C3=C(C)OCCS3)cc2)cc1. The van der Waals surface area contributed by atoms with E-state index >= 15 is 0 Å². The summed E-state index contributed by atoms with van der Waals surface area (Å²) in [6.07, 6.45) is 0. The molecule has 3 rings (SSSR count). The number of benzene rings is 2. The molecule has 0 fully saturated rings. The molecule has 0 spiro atoms. The molecule has 6 nitrogen and oxygen atoms in total. The number of anilines is 1. The average Bonchev–Trinajstić information content (AvgIpc) is 2.73. The molecule has 2 amide bonds. The average molecular weight is 398 g/mol. The van der Waals surface area contributed by atoms with Crippen LogP contribution in [0.25, 0.3) is 0 Å². The van der Waals surface area contributed by atoms with E-state index in [4.69, 9.17) is 9.47 Å². The molecule has 0 atom stereocenters. The fraction of sp³-hybridized carbons (Fsp3) is 0.238. The second-order valence-electron chi connectivity index (χ2n) is 6.14. The van der Waals surface area contributed by atoms with Gasteiger partial charge >= 0.3 is 0 Å². The highest BCUT2D eigenvalue weighted by atomic mass is 32.2. The zero-order chi connectivity index (χ0) is 19.9. The van der Waals surface area contributed by atoms with Gasteiger partial charge in [-0.05, 0) is 48.9 Å². The molecular formula is C21H22N2O4S. The molecule has 146 valence electrons. The predicted octanol–water partition coefficient (Wildman–Crippen LogP) is 3.56. The van der Waals surface area contributed by atoms with Gasteiger partial charge in [0.05, 0.1) is 13.7 Å². The van der Waals surface area contributed by atoms with E-state index in [9.17, 15) is 9.59 Å². The van der Waals surface area contributed by atoms with Gasteiger partial charge in [0.2, 0.25) is 0 Å². The first-order valence-electron chi connectivity index (χ1n) is 8.86. The van der Waals surface area contributed by atoms with Crippen molar-refractivity contribution >= 4 is 29.3 Å².